The SMILES string of the molecule is NS(=O)(=O)c1cc(C(=O)CBr)cc(Cl)c1Cl. The molecule has 16 heavy (non-hydrogen) atoms. The van der Waals surface area contributed by atoms with Crippen LogP contribution in [0.4, 0.5) is 0 Å². The van der Waals surface area contributed by atoms with E-state index in [-0.39, 0.29) is 31.6 Å². The summed E-state index contributed by atoms with van der Waals surface area (Å²) in [5.41, 5.74) is 0.135. The number of hydrogen-bond acceptors (Lipinski definition) is 3. The number of alkyl halides is 1. The first kappa shape index (κ1) is 13.9. The fraction of sp³-hybridized carbons (Fsp3) is 0.125. The summed E-state index contributed by atoms with van der Waals surface area (Å²) >= 11 is 14.4. The number of rotatable bonds is 3. The molecular weight excluding hydrogens is 341 g/mol. The Labute approximate surface area is 111 Å². The van der Waals surface area contributed by atoms with E-state index >= 15 is 0 Å². The van der Waals surface area contributed by atoms with Gasteiger partial charge in [-0.3, -0.25) is 4.79 Å². The van der Waals surface area contributed by atoms with Crippen LogP contribution in [0.1, 0.15) is 10.4 Å². The lowest BCUT2D eigenvalue weighted by Crippen LogP contribution is -2.14. The molecule has 0 fully saturated rings. The number of primary sulfonamides is 1. The maximum absolute atomic E-state index is 11.4. The van der Waals surface area contributed by atoms with E-state index in [0.717, 1.165) is 6.07 Å². The predicted molar refractivity (Wildman–Crippen MR) is 66.0 cm³/mol. The van der Waals surface area contributed by atoms with Gasteiger partial charge in [-0.1, -0.05) is 39.1 Å². The van der Waals surface area contributed by atoms with Crippen LogP contribution in [-0.2, 0) is 10.0 Å². The Bertz CT molecular complexity index is 544. The highest BCUT2D eigenvalue weighted by Crippen LogP contribution is 2.30. The zero-order chi connectivity index (χ0) is 12.5. The molecule has 0 aliphatic carbocycles. The number of ketones is 1. The summed E-state index contributed by atoms with van der Waals surface area (Å²) in [5, 5.41) is 4.78. The Morgan fingerprint density at radius 2 is 1.94 bits per heavy atom. The smallest absolute Gasteiger partial charge is 0.239 e. The molecule has 1 rings (SSSR count). The number of sulfonamides is 1. The van der Waals surface area contributed by atoms with Crippen LogP contribution in [0.3, 0.4) is 0 Å². The minimum atomic E-state index is -4.00. The molecule has 8 heteroatoms. The molecule has 0 atom stereocenters. The standard InChI is InChI=1S/C8H6BrCl2NO3S/c9-3-6(13)4-1-5(10)8(11)7(2-4)16(12,14)15/h1-2H,3H2,(H2,12,14,15). The highest BCUT2D eigenvalue weighted by Gasteiger charge is 2.19. The zero-order valence-electron chi connectivity index (χ0n) is 7.71. The maximum Gasteiger partial charge on any atom is 0.239 e. The van der Waals surface area contributed by atoms with E-state index in [1.807, 2.05) is 0 Å². The van der Waals surface area contributed by atoms with Crippen molar-refractivity contribution >= 4 is 54.9 Å². The molecule has 1 aromatic carbocycles. The normalized spacial score (nSPS) is 11.5. The van der Waals surface area contributed by atoms with Gasteiger partial charge in [0.1, 0.15) is 4.90 Å². The van der Waals surface area contributed by atoms with Crippen molar-refractivity contribution in [2.45, 2.75) is 4.90 Å². The van der Waals surface area contributed by atoms with Gasteiger partial charge in [-0.25, -0.2) is 13.6 Å². The Balaban J connectivity index is 3.52. The van der Waals surface area contributed by atoms with Crippen molar-refractivity contribution in [3.8, 4) is 0 Å². The molecule has 0 aliphatic heterocycles. The van der Waals surface area contributed by atoms with E-state index in [0.29, 0.717) is 0 Å². The van der Waals surface area contributed by atoms with Crippen molar-refractivity contribution in [1.29, 1.82) is 0 Å². The van der Waals surface area contributed by atoms with E-state index in [9.17, 15) is 13.2 Å². The average molecular weight is 347 g/mol. The van der Waals surface area contributed by atoms with Gasteiger partial charge < -0.3 is 0 Å². The lowest BCUT2D eigenvalue weighted by Gasteiger charge is -2.06. The second kappa shape index (κ2) is 5.01. The van der Waals surface area contributed by atoms with Gasteiger partial charge in [0, 0.05) is 5.56 Å². The molecule has 0 bridgehead atoms. The molecule has 0 unspecified atom stereocenters. The number of carbonyl (C=O) groups is 1. The molecule has 0 amide bonds. The summed E-state index contributed by atoms with van der Waals surface area (Å²) in [7, 11) is -4.00. The van der Waals surface area contributed by atoms with E-state index in [1.165, 1.54) is 6.07 Å². The van der Waals surface area contributed by atoms with Crippen molar-refractivity contribution in [3.05, 3.63) is 27.7 Å². The fourth-order valence-electron chi connectivity index (χ4n) is 1.01. The van der Waals surface area contributed by atoms with Crippen LogP contribution in [0, 0.1) is 0 Å². The highest BCUT2D eigenvalue weighted by molar-refractivity contribution is 9.09. The molecule has 0 heterocycles. The van der Waals surface area contributed by atoms with Crippen LogP contribution in [0.15, 0.2) is 17.0 Å². The van der Waals surface area contributed by atoms with E-state index in [2.05, 4.69) is 15.9 Å². The third kappa shape index (κ3) is 2.95. The summed E-state index contributed by atoms with van der Waals surface area (Å²) in [6.07, 6.45) is 0. The summed E-state index contributed by atoms with van der Waals surface area (Å²) in [6, 6.07) is 2.40. The molecule has 4 nitrogen and oxygen atoms in total. The van der Waals surface area contributed by atoms with Gasteiger partial charge in [-0.15, -0.1) is 0 Å². The van der Waals surface area contributed by atoms with Gasteiger partial charge in [0.15, 0.2) is 5.78 Å². The van der Waals surface area contributed by atoms with Crippen LogP contribution in [0.2, 0.25) is 10.0 Å². The lowest BCUT2D eigenvalue weighted by atomic mass is 10.1. The van der Waals surface area contributed by atoms with Crippen LogP contribution in [0.25, 0.3) is 0 Å². The van der Waals surface area contributed by atoms with Crippen molar-refractivity contribution in [3.63, 3.8) is 0 Å². The van der Waals surface area contributed by atoms with Gasteiger partial charge in [0.2, 0.25) is 10.0 Å². The van der Waals surface area contributed by atoms with Gasteiger partial charge in [-0.2, -0.15) is 0 Å². The van der Waals surface area contributed by atoms with Crippen LogP contribution in [0.5, 0.6) is 0 Å². The summed E-state index contributed by atoms with van der Waals surface area (Å²) < 4.78 is 22.4. The maximum atomic E-state index is 11.4. The molecule has 0 radical (unpaired) electrons. The molecule has 1 aromatic rings. The minimum Gasteiger partial charge on any atom is -0.293 e. The molecule has 0 saturated carbocycles. The Morgan fingerprint density at radius 1 is 1.38 bits per heavy atom. The van der Waals surface area contributed by atoms with E-state index < -0.39 is 10.0 Å². The second-order valence-corrected chi connectivity index (χ2v) is 5.75. The first-order chi connectivity index (χ1) is 7.27. The van der Waals surface area contributed by atoms with Crippen molar-refractivity contribution in [2.75, 3.05) is 5.33 Å². The monoisotopic (exact) mass is 345 g/mol. The number of carbonyl (C=O) groups excluding carboxylic acids is 1. The topological polar surface area (TPSA) is 77.2 Å². The van der Waals surface area contributed by atoms with E-state index in [4.69, 9.17) is 28.3 Å². The highest BCUT2D eigenvalue weighted by atomic mass is 79.9. The molecule has 0 spiro atoms. The van der Waals surface area contributed by atoms with Gasteiger partial charge in [0.25, 0.3) is 0 Å². The summed E-state index contributed by atoms with van der Waals surface area (Å²) in [5.74, 6) is -0.316. The molecule has 0 aliphatic rings. The van der Waals surface area contributed by atoms with Crippen LogP contribution < -0.4 is 5.14 Å². The van der Waals surface area contributed by atoms with Crippen LogP contribution in [-0.4, -0.2) is 19.5 Å². The molecular formula is C8H6BrCl2NO3S. The third-order valence-corrected chi connectivity index (χ3v) is 4.10. The lowest BCUT2D eigenvalue weighted by molar-refractivity contribution is 0.102. The molecule has 0 aromatic heterocycles. The van der Waals surface area contributed by atoms with Crippen molar-refractivity contribution in [2.24, 2.45) is 5.14 Å². The van der Waals surface area contributed by atoms with Crippen LogP contribution >= 0.6 is 39.1 Å². The number of nitrogens with two attached hydrogens (primary N) is 1. The minimum absolute atomic E-state index is 0.0301. The van der Waals surface area contributed by atoms with Gasteiger partial charge in [-0.05, 0) is 12.1 Å². The molecule has 88 valence electrons. The molecule has 0 saturated heterocycles. The zero-order valence-corrected chi connectivity index (χ0v) is 11.6. The third-order valence-electron chi connectivity index (χ3n) is 1.74. The second-order valence-electron chi connectivity index (χ2n) is 2.87. The van der Waals surface area contributed by atoms with Crippen molar-refractivity contribution < 1.29 is 13.2 Å². The van der Waals surface area contributed by atoms with Crippen molar-refractivity contribution in [1.82, 2.24) is 0 Å². The number of halogens is 3. The number of Topliss-reactive ketones (excluding diaryl/α,β-unsaturated/α-hetero) is 1. The summed E-state index contributed by atoms with van der Waals surface area (Å²) in [6.45, 7) is 0. The van der Waals surface area contributed by atoms with E-state index in [1.54, 1.807) is 0 Å². The first-order valence-corrected chi connectivity index (χ1v) is 7.30. The Kier molecular flexibility index (Phi) is 4.36. The quantitative estimate of drug-likeness (QED) is 0.673. The van der Waals surface area contributed by atoms with Gasteiger partial charge >= 0.3 is 0 Å². The fourth-order valence-corrected chi connectivity index (χ4v) is 2.69. The first-order valence-electron chi connectivity index (χ1n) is 3.88. The average Bonchev–Trinajstić information content (AvgIpc) is 2.18. The van der Waals surface area contributed by atoms with Gasteiger partial charge in [0.05, 0.1) is 15.4 Å². The Hall–Kier alpha value is -0.140. The number of hydrogen-bond donors (Lipinski definition) is 1. The largest absolute Gasteiger partial charge is 0.293 e. The predicted octanol–water partition coefficient (Wildman–Crippen LogP) is 2.22. The number of benzene rings is 1. The summed E-state index contributed by atoms with van der Waals surface area (Å²) in [4.78, 5) is 11.0. The molecule has 2 N–H and O–H groups in total. The Morgan fingerprint density at radius 3 is 2.38 bits per heavy atom.